The van der Waals surface area contributed by atoms with Crippen molar-refractivity contribution in [2.24, 2.45) is 0 Å². The lowest BCUT2D eigenvalue weighted by atomic mass is 10.0. The molecule has 2 fully saturated rings. The highest BCUT2D eigenvalue weighted by molar-refractivity contribution is 8.00. The number of carbonyl (C=O) groups excluding carboxylic acids is 2. The smallest absolute Gasteiger partial charge is 0.325 e. The summed E-state index contributed by atoms with van der Waals surface area (Å²) in [6.07, 6.45) is 2.92. The van der Waals surface area contributed by atoms with E-state index in [-0.39, 0.29) is 24.0 Å². The van der Waals surface area contributed by atoms with Gasteiger partial charge in [0.2, 0.25) is 5.91 Å². The van der Waals surface area contributed by atoms with Gasteiger partial charge in [0.1, 0.15) is 6.04 Å². The van der Waals surface area contributed by atoms with Gasteiger partial charge in [-0.2, -0.15) is 11.8 Å². The fourth-order valence-electron chi connectivity index (χ4n) is 2.65. The first kappa shape index (κ1) is 15.9. The number of urea groups is 1. The lowest BCUT2D eigenvalue weighted by Crippen LogP contribution is -2.38. The van der Waals surface area contributed by atoms with Gasteiger partial charge in [-0.15, -0.1) is 0 Å². The molecule has 4 N–H and O–H groups in total. The van der Waals surface area contributed by atoms with Crippen molar-refractivity contribution in [3.05, 3.63) is 0 Å². The van der Waals surface area contributed by atoms with E-state index >= 15 is 0 Å². The number of aliphatic carboxylic acids is 1. The molecule has 7 nitrogen and oxygen atoms in total. The largest absolute Gasteiger partial charge is 0.480 e. The minimum absolute atomic E-state index is 0.0858. The molecular weight excluding hydrogens is 294 g/mol. The minimum atomic E-state index is -1.03. The van der Waals surface area contributed by atoms with Gasteiger partial charge in [0.05, 0.1) is 12.1 Å². The Morgan fingerprint density at radius 3 is 2.90 bits per heavy atom. The van der Waals surface area contributed by atoms with Gasteiger partial charge in [-0.05, 0) is 19.8 Å². The van der Waals surface area contributed by atoms with Crippen molar-refractivity contribution in [2.45, 2.75) is 56.0 Å². The van der Waals surface area contributed by atoms with Gasteiger partial charge < -0.3 is 21.1 Å². The second kappa shape index (κ2) is 7.02. The standard InChI is InChI=1S/C13H21N3O4S/c1-7(12(18)19)14-10(17)5-3-2-4-9-11-8(6-21-9)15-13(20)16-11/h7-9,11H,2-6H2,1H3,(H,14,17)(H,18,19)(H2,15,16,20)/t7-,8?,9?,11?/m1/s1. The molecule has 2 aliphatic rings. The second-order valence-corrected chi connectivity index (χ2v) is 6.77. The van der Waals surface area contributed by atoms with Crippen molar-refractivity contribution < 1.29 is 19.5 Å². The summed E-state index contributed by atoms with van der Waals surface area (Å²) in [5, 5.41) is 17.4. The Morgan fingerprint density at radius 2 is 2.19 bits per heavy atom. The highest BCUT2D eigenvalue weighted by Gasteiger charge is 2.42. The van der Waals surface area contributed by atoms with Crippen LogP contribution in [0.4, 0.5) is 4.79 Å². The number of hydrogen-bond acceptors (Lipinski definition) is 4. The Bertz CT molecular complexity index is 432. The van der Waals surface area contributed by atoms with Crippen molar-refractivity contribution in [2.75, 3.05) is 5.75 Å². The molecule has 0 radical (unpaired) electrons. The molecule has 0 aromatic heterocycles. The van der Waals surface area contributed by atoms with Crippen molar-refractivity contribution in [3.8, 4) is 0 Å². The van der Waals surface area contributed by atoms with Crippen LogP contribution in [0.5, 0.6) is 0 Å². The first-order valence-corrected chi connectivity index (χ1v) is 8.23. The maximum Gasteiger partial charge on any atom is 0.325 e. The maximum atomic E-state index is 11.5. The number of carboxylic acids is 1. The molecule has 2 heterocycles. The molecule has 0 spiro atoms. The van der Waals surface area contributed by atoms with Gasteiger partial charge in [-0.25, -0.2) is 4.79 Å². The third-order valence-corrected chi connectivity index (χ3v) is 5.34. The number of nitrogens with one attached hydrogen (secondary N) is 3. The molecule has 0 bridgehead atoms. The predicted molar refractivity (Wildman–Crippen MR) is 79.2 cm³/mol. The normalized spacial score (nSPS) is 28.4. The van der Waals surface area contributed by atoms with E-state index in [4.69, 9.17) is 5.11 Å². The van der Waals surface area contributed by atoms with E-state index in [0.717, 1.165) is 25.0 Å². The summed E-state index contributed by atoms with van der Waals surface area (Å²) >= 11 is 1.85. The average molecular weight is 315 g/mol. The van der Waals surface area contributed by atoms with Gasteiger partial charge in [-0.3, -0.25) is 9.59 Å². The van der Waals surface area contributed by atoms with E-state index in [9.17, 15) is 14.4 Å². The molecule has 0 aromatic rings. The first-order chi connectivity index (χ1) is 9.97. The molecule has 3 amide bonds. The summed E-state index contributed by atoms with van der Waals surface area (Å²) in [7, 11) is 0. The third kappa shape index (κ3) is 4.26. The number of amides is 3. The zero-order chi connectivity index (χ0) is 15.4. The summed E-state index contributed by atoms with van der Waals surface area (Å²) in [5.74, 6) is -0.316. The van der Waals surface area contributed by atoms with Crippen LogP contribution in [-0.4, -0.2) is 52.1 Å². The maximum absolute atomic E-state index is 11.5. The summed E-state index contributed by atoms with van der Waals surface area (Å²) < 4.78 is 0. The zero-order valence-corrected chi connectivity index (χ0v) is 12.7. The fraction of sp³-hybridized carbons (Fsp3) is 0.769. The van der Waals surface area contributed by atoms with E-state index in [2.05, 4.69) is 16.0 Å². The highest BCUT2D eigenvalue weighted by Crippen LogP contribution is 2.33. The first-order valence-electron chi connectivity index (χ1n) is 7.18. The molecule has 4 atom stereocenters. The lowest BCUT2D eigenvalue weighted by molar-refractivity contribution is -0.141. The van der Waals surface area contributed by atoms with Crippen molar-refractivity contribution in [3.63, 3.8) is 0 Å². The molecule has 118 valence electrons. The SMILES string of the molecule is C[C@@H](NC(=O)CCCCC1SCC2NC(=O)NC21)C(=O)O. The van der Waals surface area contributed by atoms with Crippen LogP contribution in [0.2, 0.25) is 0 Å². The Balaban J connectivity index is 1.61. The minimum Gasteiger partial charge on any atom is -0.480 e. The quantitative estimate of drug-likeness (QED) is 0.399. The second-order valence-electron chi connectivity index (χ2n) is 5.50. The molecule has 0 aromatic carbocycles. The number of hydrogen-bond donors (Lipinski definition) is 4. The summed E-state index contributed by atoms with van der Waals surface area (Å²) in [6.45, 7) is 1.45. The van der Waals surface area contributed by atoms with Crippen LogP contribution in [0, 0.1) is 0 Å². The van der Waals surface area contributed by atoms with E-state index in [1.807, 2.05) is 11.8 Å². The third-order valence-electron chi connectivity index (χ3n) is 3.83. The monoisotopic (exact) mass is 315 g/mol. The van der Waals surface area contributed by atoms with Crippen molar-refractivity contribution >= 4 is 29.7 Å². The summed E-state index contributed by atoms with van der Waals surface area (Å²) in [4.78, 5) is 33.4. The zero-order valence-electron chi connectivity index (χ0n) is 11.9. The van der Waals surface area contributed by atoms with Crippen LogP contribution >= 0.6 is 11.8 Å². The van der Waals surface area contributed by atoms with Gasteiger partial charge in [0, 0.05) is 17.4 Å². The van der Waals surface area contributed by atoms with Crippen LogP contribution in [0.3, 0.4) is 0 Å². The topological polar surface area (TPSA) is 108 Å². The van der Waals surface area contributed by atoms with E-state index in [0.29, 0.717) is 11.7 Å². The van der Waals surface area contributed by atoms with Gasteiger partial charge in [-0.1, -0.05) is 6.42 Å². The summed E-state index contributed by atoms with van der Waals surface area (Å²) in [5.41, 5.74) is 0. The van der Waals surface area contributed by atoms with Crippen LogP contribution in [0.15, 0.2) is 0 Å². The molecule has 2 aliphatic heterocycles. The van der Waals surface area contributed by atoms with E-state index < -0.39 is 12.0 Å². The Labute approximate surface area is 127 Å². The molecule has 3 unspecified atom stereocenters. The van der Waals surface area contributed by atoms with Gasteiger partial charge >= 0.3 is 12.0 Å². The van der Waals surface area contributed by atoms with Gasteiger partial charge in [0.15, 0.2) is 0 Å². The lowest BCUT2D eigenvalue weighted by Gasteiger charge is -2.16. The molecule has 8 heteroatoms. The predicted octanol–water partition coefficient (Wildman–Crippen LogP) is 0.302. The van der Waals surface area contributed by atoms with E-state index in [1.54, 1.807) is 0 Å². The molecule has 0 saturated carbocycles. The fourth-order valence-corrected chi connectivity index (χ4v) is 4.19. The summed E-state index contributed by atoms with van der Waals surface area (Å²) in [6, 6.07) is -0.503. The van der Waals surface area contributed by atoms with Crippen molar-refractivity contribution in [1.82, 2.24) is 16.0 Å². The molecular formula is C13H21N3O4S. The molecule has 2 rings (SSSR count). The van der Waals surface area contributed by atoms with Crippen LogP contribution in [0.1, 0.15) is 32.6 Å². The number of carbonyl (C=O) groups is 3. The number of fused-ring (bicyclic) bond motifs is 1. The van der Waals surface area contributed by atoms with Crippen LogP contribution in [0.25, 0.3) is 0 Å². The molecule has 2 saturated heterocycles. The molecule has 0 aliphatic carbocycles. The average Bonchev–Trinajstić information content (AvgIpc) is 2.94. The van der Waals surface area contributed by atoms with Crippen LogP contribution in [-0.2, 0) is 9.59 Å². The van der Waals surface area contributed by atoms with Crippen LogP contribution < -0.4 is 16.0 Å². The number of unbranched alkanes of at least 4 members (excludes halogenated alkanes) is 1. The van der Waals surface area contributed by atoms with Crippen molar-refractivity contribution in [1.29, 1.82) is 0 Å². The van der Waals surface area contributed by atoms with E-state index in [1.165, 1.54) is 6.92 Å². The number of rotatable bonds is 7. The Morgan fingerprint density at radius 1 is 1.43 bits per heavy atom. The number of carboxylic acid groups (broad SMARTS) is 1. The Kier molecular flexibility index (Phi) is 5.33. The number of thioether (sulfide) groups is 1. The highest BCUT2D eigenvalue weighted by atomic mass is 32.2. The Hall–Kier alpha value is -1.44. The van der Waals surface area contributed by atoms with Gasteiger partial charge in [0.25, 0.3) is 0 Å². The molecule has 21 heavy (non-hydrogen) atoms.